The van der Waals surface area contributed by atoms with Crippen molar-refractivity contribution in [1.82, 2.24) is 0 Å². The Morgan fingerprint density at radius 3 is 1.71 bits per heavy atom. The van der Waals surface area contributed by atoms with Crippen molar-refractivity contribution in [3.63, 3.8) is 0 Å². The van der Waals surface area contributed by atoms with Gasteiger partial charge in [-0.2, -0.15) is 0 Å². The molecule has 10 rings (SSSR count). The zero-order chi connectivity index (χ0) is 31.6. The van der Waals surface area contributed by atoms with E-state index in [1.54, 1.807) is 0 Å². The highest BCUT2D eigenvalue weighted by Gasteiger charge is 2.20. The van der Waals surface area contributed by atoms with Crippen LogP contribution in [0.3, 0.4) is 0 Å². The lowest BCUT2D eigenvalue weighted by atomic mass is 9.90. The fourth-order valence-electron chi connectivity index (χ4n) is 7.67. The smallest absolute Gasteiger partial charge is 0.0555 e. The van der Waals surface area contributed by atoms with Gasteiger partial charge in [0.1, 0.15) is 0 Å². The summed E-state index contributed by atoms with van der Waals surface area (Å²) in [6.45, 7) is 0. The molecule has 0 saturated heterocycles. The highest BCUT2D eigenvalue weighted by molar-refractivity contribution is 7.26. The largest absolute Gasteiger partial charge is 0.310 e. The number of anilines is 3. The molecule has 2 heteroatoms. The number of benzene rings is 9. The van der Waals surface area contributed by atoms with Crippen LogP contribution in [0.15, 0.2) is 176 Å². The molecule has 0 aliphatic heterocycles. The normalized spacial score (nSPS) is 11.8. The molecule has 48 heavy (non-hydrogen) atoms. The molecule has 0 amide bonds. The molecule has 0 aliphatic rings. The van der Waals surface area contributed by atoms with Gasteiger partial charge in [-0.1, -0.05) is 127 Å². The van der Waals surface area contributed by atoms with Crippen molar-refractivity contribution < 1.29 is 0 Å². The molecule has 0 unspecified atom stereocenters. The third-order valence-corrected chi connectivity index (χ3v) is 10.9. The molecule has 0 N–H and O–H groups in total. The Labute approximate surface area is 282 Å². The third kappa shape index (κ3) is 4.17. The second-order valence-electron chi connectivity index (χ2n) is 12.5. The predicted molar refractivity (Wildman–Crippen MR) is 209 cm³/mol. The van der Waals surface area contributed by atoms with Crippen LogP contribution in [0.5, 0.6) is 0 Å². The van der Waals surface area contributed by atoms with E-state index in [9.17, 15) is 0 Å². The molecule has 1 nitrogen and oxygen atoms in total. The highest BCUT2D eigenvalue weighted by Crippen LogP contribution is 2.47. The first-order valence-electron chi connectivity index (χ1n) is 16.4. The van der Waals surface area contributed by atoms with Gasteiger partial charge in [0.2, 0.25) is 0 Å². The summed E-state index contributed by atoms with van der Waals surface area (Å²) in [5, 5.41) is 12.9. The van der Waals surface area contributed by atoms with Crippen LogP contribution in [0.4, 0.5) is 17.1 Å². The molecule has 0 saturated carbocycles. The summed E-state index contributed by atoms with van der Waals surface area (Å²) in [6, 6.07) is 64.4. The van der Waals surface area contributed by atoms with Gasteiger partial charge in [0.05, 0.1) is 5.69 Å². The average Bonchev–Trinajstić information content (AvgIpc) is 3.55. The Morgan fingerprint density at radius 2 is 0.938 bits per heavy atom. The summed E-state index contributed by atoms with van der Waals surface area (Å²) in [7, 11) is 0. The van der Waals surface area contributed by atoms with Crippen molar-refractivity contribution in [2.24, 2.45) is 0 Å². The summed E-state index contributed by atoms with van der Waals surface area (Å²) < 4.78 is 2.61. The van der Waals surface area contributed by atoms with Crippen LogP contribution in [0.2, 0.25) is 0 Å². The summed E-state index contributed by atoms with van der Waals surface area (Å²) in [5.74, 6) is 0. The maximum atomic E-state index is 2.42. The molecule has 9 aromatic carbocycles. The van der Waals surface area contributed by atoms with Crippen LogP contribution >= 0.6 is 11.3 Å². The molecule has 0 radical (unpaired) electrons. The second kappa shape index (κ2) is 10.8. The zero-order valence-corrected chi connectivity index (χ0v) is 26.9. The van der Waals surface area contributed by atoms with Gasteiger partial charge in [0, 0.05) is 31.5 Å². The van der Waals surface area contributed by atoms with Crippen molar-refractivity contribution in [1.29, 1.82) is 0 Å². The monoisotopic (exact) mass is 627 g/mol. The summed E-state index contributed by atoms with van der Waals surface area (Å²) >= 11 is 1.87. The molecule has 1 aromatic heterocycles. The first-order chi connectivity index (χ1) is 23.8. The van der Waals surface area contributed by atoms with E-state index in [0.717, 1.165) is 11.4 Å². The van der Waals surface area contributed by atoms with Gasteiger partial charge in [-0.15, -0.1) is 11.3 Å². The molecule has 0 bridgehead atoms. The highest BCUT2D eigenvalue weighted by atomic mass is 32.1. The van der Waals surface area contributed by atoms with Crippen molar-refractivity contribution >= 4 is 91.7 Å². The number of rotatable bonds is 4. The van der Waals surface area contributed by atoms with Crippen LogP contribution in [-0.4, -0.2) is 0 Å². The lowest BCUT2D eigenvalue weighted by Crippen LogP contribution is -2.10. The minimum Gasteiger partial charge on any atom is -0.310 e. The molecule has 1 heterocycles. The maximum Gasteiger partial charge on any atom is 0.0555 e. The number of para-hydroxylation sites is 1. The van der Waals surface area contributed by atoms with E-state index in [0.29, 0.717) is 0 Å². The van der Waals surface area contributed by atoms with Crippen LogP contribution < -0.4 is 4.90 Å². The molecule has 0 fully saturated rings. The molecule has 224 valence electrons. The third-order valence-electron chi connectivity index (χ3n) is 9.80. The first kappa shape index (κ1) is 27.2. The second-order valence-corrected chi connectivity index (χ2v) is 13.6. The fraction of sp³-hybridized carbons (Fsp3) is 0. The summed E-state index contributed by atoms with van der Waals surface area (Å²) in [5.41, 5.74) is 5.93. The maximum absolute atomic E-state index is 2.42. The van der Waals surface area contributed by atoms with E-state index in [1.807, 2.05) is 11.3 Å². The lowest BCUT2D eigenvalue weighted by molar-refractivity contribution is 1.30. The van der Waals surface area contributed by atoms with Crippen LogP contribution in [0.25, 0.3) is 74.4 Å². The van der Waals surface area contributed by atoms with Crippen molar-refractivity contribution in [3.8, 4) is 11.1 Å². The number of fused-ring (bicyclic) bond motifs is 10. The molecule has 0 spiro atoms. The summed E-state index contributed by atoms with van der Waals surface area (Å²) in [4.78, 5) is 2.42. The standard InChI is InChI=1S/C46H29NS/c1-2-13-34(14-3-1)47(41-19-10-20-42-46(41)45-37-16-7-5-12-31(37)25-28-43(45)48-42)35-26-23-32(24-27-35)40-29-33-22-21-30-11-4-6-15-36(30)44(33)39-18-9-8-17-38(39)40/h1-29H. The number of hydrogen-bond donors (Lipinski definition) is 0. The fourth-order valence-corrected chi connectivity index (χ4v) is 8.81. The number of nitrogens with zero attached hydrogens (tertiary/aromatic N) is 1. The minimum absolute atomic E-state index is 1.13. The SMILES string of the molecule is c1ccc(N(c2ccc(-c3cc4ccc5ccccc5c4c4ccccc34)cc2)c2cccc3sc4ccc5ccccc5c4c23)cc1. The van der Waals surface area contributed by atoms with E-state index in [-0.39, 0.29) is 0 Å². The summed E-state index contributed by atoms with van der Waals surface area (Å²) in [6.07, 6.45) is 0. The van der Waals surface area contributed by atoms with Gasteiger partial charge in [0.15, 0.2) is 0 Å². The first-order valence-corrected chi connectivity index (χ1v) is 17.3. The average molecular weight is 628 g/mol. The van der Waals surface area contributed by atoms with Gasteiger partial charge in [-0.3, -0.25) is 0 Å². The number of hydrogen-bond acceptors (Lipinski definition) is 2. The van der Waals surface area contributed by atoms with Gasteiger partial charge in [-0.05, 0) is 103 Å². The van der Waals surface area contributed by atoms with Gasteiger partial charge >= 0.3 is 0 Å². The predicted octanol–water partition coefficient (Wildman–Crippen LogP) is 13.8. The van der Waals surface area contributed by atoms with Crippen molar-refractivity contribution in [2.75, 3.05) is 4.90 Å². The van der Waals surface area contributed by atoms with Crippen LogP contribution in [-0.2, 0) is 0 Å². The molecular weight excluding hydrogens is 599 g/mol. The van der Waals surface area contributed by atoms with E-state index < -0.39 is 0 Å². The van der Waals surface area contributed by atoms with E-state index >= 15 is 0 Å². The van der Waals surface area contributed by atoms with Gasteiger partial charge < -0.3 is 4.90 Å². The Hall–Kier alpha value is -5.96. The Bertz CT molecular complexity index is 2830. The van der Waals surface area contributed by atoms with E-state index in [1.165, 1.54) is 80.1 Å². The van der Waals surface area contributed by atoms with Gasteiger partial charge in [-0.25, -0.2) is 0 Å². The molecular formula is C46H29NS. The lowest BCUT2D eigenvalue weighted by Gasteiger charge is -2.27. The van der Waals surface area contributed by atoms with Crippen LogP contribution in [0.1, 0.15) is 0 Å². The van der Waals surface area contributed by atoms with Gasteiger partial charge in [0.25, 0.3) is 0 Å². The Balaban J connectivity index is 1.18. The molecule has 10 aromatic rings. The zero-order valence-electron chi connectivity index (χ0n) is 26.1. The molecule has 0 aliphatic carbocycles. The Morgan fingerprint density at radius 1 is 0.354 bits per heavy atom. The Kier molecular flexibility index (Phi) is 6.12. The quantitative estimate of drug-likeness (QED) is 0.176. The number of thiophene rings is 1. The van der Waals surface area contributed by atoms with Crippen LogP contribution in [0, 0.1) is 0 Å². The topological polar surface area (TPSA) is 3.24 Å². The van der Waals surface area contributed by atoms with E-state index in [4.69, 9.17) is 0 Å². The van der Waals surface area contributed by atoms with E-state index in [2.05, 4.69) is 181 Å². The van der Waals surface area contributed by atoms with Crippen molar-refractivity contribution in [2.45, 2.75) is 0 Å². The minimum atomic E-state index is 1.13. The molecule has 0 atom stereocenters. The van der Waals surface area contributed by atoms with Crippen molar-refractivity contribution in [3.05, 3.63) is 176 Å².